The predicted octanol–water partition coefficient (Wildman–Crippen LogP) is 2.64. The number of nitrogens with one attached hydrogen (secondary N) is 8. The Kier molecular flexibility index (Phi) is 16.4. The van der Waals surface area contributed by atoms with E-state index in [4.69, 9.17) is 4.74 Å². The van der Waals surface area contributed by atoms with E-state index >= 15 is 0 Å². The molecule has 0 aliphatic carbocycles. The van der Waals surface area contributed by atoms with Crippen LogP contribution >= 0.6 is 11.3 Å². The molecule has 0 unspecified atom stereocenters. The number of carbonyl (C=O) groups is 8. The maximum absolute atomic E-state index is 14.3. The lowest BCUT2D eigenvalue weighted by molar-refractivity contribution is -0.141. The van der Waals surface area contributed by atoms with E-state index in [9.17, 15) is 38.4 Å². The third kappa shape index (κ3) is 13.5. The van der Waals surface area contributed by atoms with Gasteiger partial charge in [0.15, 0.2) is 0 Å². The molecule has 4 atom stereocenters. The first-order valence-corrected chi connectivity index (χ1v) is 21.7. The van der Waals surface area contributed by atoms with Gasteiger partial charge < -0.3 is 56.2 Å². The molecule has 0 aliphatic rings. The van der Waals surface area contributed by atoms with E-state index in [1.807, 2.05) is 48.5 Å². The maximum Gasteiger partial charge on any atom is 0.408 e. The van der Waals surface area contributed by atoms with Crippen molar-refractivity contribution >= 4 is 80.6 Å². The quantitative estimate of drug-likeness (QED) is 0.0441. The standard InChI is InChI=1S/C45H54N10O10S/c1-24(51-44(63)65-45(4,5)6)38(58)50-26(3)43(62)55(7)22-36(56)49-25(2)42-54-35(23-66-42)41(61)53-34(18-28-20-47-32-16-12-10-14-30(28)32)40(60)52-33(39(59)48-21-37(57)64-8)17-27-19-46-31-15-11-9-13-29(27)31/h9-16,19-20,23-25,33-34,46-47H,3,17-18,21-22H2,1-2,4-8H3,(H,48,59)(H,49,56)(H,50,58)(H,51,63)(H,52,60)(H,53,61)/t24-,25-,33+,34+/m1/s1. The zero-order valence-electron chi connectivity index (χ0n) is 37.6. The van der Waals surface area contributed by atoms with Crippen molar-refractivity contribution in [2.24, 2.45) is 0 Å². The highest BCUT2D eigenvalue weighted by atomic mass is 32.1. The van der Waals surface area contributed by atoms with Gasteiger partial charge in [-0.1, -0.05) is 43.0 Å². The van der Waals surface area contributed by atoms with Gasteiger partial charge in [0.1, 0.15) is 41.0 Å². The van der Waals surface area contributed by atoms with Gasteiger partial charge in [0.25, 0.3) is 11.8 Å². The van der Waals surface area contributed by atoms with Crippen molar-refractivity contribution < 1.29 is 47.8 Å². The van der Waals surface area contributed by atoms with E-state index in [1.54, 1.807) is 40.1 Å². The Morgan fingerprint density at radius 1 is 0.803 bits per heavy atom. The number of hydrogen-bond donors (Lipinski definition) is 8. The van der Waals surface area contributed by atoms with Gasteiger partial charge in [0.2, 0.25) is 23.6 Å². The highest BCUT2D eigenvalue weighted by Crippen LogP contribution is 2.22. The molecule has 20 nitrogen and oxygen atoms in total. The molecule has 2 aromatic carbocycles. The third-order valence-electron chi connectivity index (χ3n) is 9.98. The van der Waals surface area contributed by atoms with E-state index in [-0.39, 0.29) is 24.2 Å². The number of para-hydroxylation sites is 2. The van der Waals surface area contributed by atoms with Crippen LogP contribution in [0, 0.1) is 0 Å². The lowest BCUT2D eigenvalue weighted by atomic mass is 10.0. The minimum atomic E-state index is -1.23. The predicted molar refractivity (Wildman–Crippen MR) is 245 cm³/mol. The molecular weight excluding hydrogens is 873 g/mol. The fourth-order valence-corrected chi connectivity index (χ4v) is 7.44. The normalized spacial score (nSPS) is 13.0. The van der Waals surface area contributed by atoms with Crippen molar-refractivity contribution in [3.8, 4) is 0 Å². The van der Waals surface area contributed by atoms with Crippen LogP contribution in [0.5, 0.6) is 0 Å². The van der Waals surface area contributed by atoms with Gasteiger partial charge in [-0.25, -0.2) is 9.78 Å². The topological polar surface area (TPSA) is 275 Å². The molecule has 5 aromatic rings. The average molecular weight is 927 g/mol. The Bertz CT molecular complexity index is 2630. The fourth-order valence-electron chi connectivity index (χ4n) is 6.64. The van der Waals surface area contributed by atoms with E-state index in [0.717, 1.165) is 43.6 Å². The molecule has 0 saturated carbocycles. The molecule has 0 saturated heterocycles. The molecule has 0 aliphatic heterocycles. The lowest BCUT2D eigenvalue weighted by Crippen LogP contribution is -2.55. The number of H-pyrrole nitrogens is 2. The summed E-state index contributed by atoms with van der Waals surface area (Å²) in [5, 5.41) is 19.0. The Hall–Kier alpha value is -7.55. The zero-order chi connectivity index (χ0) is 48.3. The number of hydrogen-bond acceptors (Lipinski definition) is 12. The second kappa shape index (κ2) is 21.9. The van der Waals surface area contributed by atoms with Crippen LogP contribution in [0.3, 0.4) is 0 Å². The zero-order valence-corrected chi connectivity index (χ0v) is 38.4. The average Bonchev–Trinajstić information content (AvgIpc) is 4.03. The van der Waals surface area contributed by atoms with Crippen LogP contribution in [0.1, 0.15) is 67.3 Å². The summed E-state index contributed by atoms with van der Waals surface area (Å²) in [6.07, 6.45) is 2.70. The molecule has 3 heterocycles. The monoisotopic (exact) mass is 926 g/mol. The molecule has 0 fully saturated rings. The van der Waals surface area contributed by atoms with Gasteiger partial charge in [0, 0.05) is 59.5 Å². The number of benzene rings is 2. The van der Waals surface area contributed by atoms with Crippen LogP contribution in [-0.4, -0.2) is 118 Å². The maximum atomic E-state index is 14.3. The first-order valence-electron chi connectivity index (χ1n) is 20.8. The number of thiazole rings is 1. The number of carbonyl (C=O) groups excluding carboxylic acids is 8. The van der Waals surface area contributed by atoms with E-state index < -0.39 is 90.4 Å². The van der Waals surface area contributed by atoms with Gasteiger partial charge in [-0.3, -0.25) is 33.6 Å². The highest BCUT2D eigenvalue weighted by molar-refractivity contribution is 7.09. The Labute approximate surface area is 384 Å². The fraction of sp³-hybridized carbons (Fsp3) is 0.356. The summed E-state index contributed by atoms with van der Waals surface area (Å²) in [4.78, 5) is 116. The van der Waals surface area contributed by atoms with Crippen molar-refractivity contribution in [3.63, 3.8) is 0 Å². The van der Waals surface area contributed by atoms with Gasteiger partial charge in [-0.15, -0.1) is 11.3 Å². The summed E-state index contributed by atoms with van der Waals surface area (Å²) in [6.45, 7) is 10.7. The number of ether oxygens (including phenoxy) is 2. The summed E-state index contributed by atoms with van der Waals surface area (Å²) in [7, 11) is 2.52. The molecule has 0 radical (unpaired) electrons. The van der Waals surface area contributed by atoms with E-state index in [1.165, 1.54) is 26.5 Å². The summed E-state index contributed by atoms with van der Waals surface area (Å²) in [5.41, 5.74) is 1.90. The Morgan fingerprint density at radius 2 is 1.38 bits per heavy atom. The number of likely N-dealkylation sites (N-methyl/N-ethyl adjacent to an activating group) is 1. The SMILES string of the molecule is C=C(NC(=O)[C@@H](C)NC(=O)OC(C)(C)C)C(=O)N(C)CC(=O)N[C@H](C)c1nc(C(=O)N[C@@H](Cc2c[nH]c3ccccc23)C(=O)N[C@@H](Cc2c[nH]c3ccccc23)C(=O)NCC(=O)OC)cs1. The van der Waals surface area contributed by atoms with Crippen molar-refractivity contribution in [1.82, 2.24) is 51.8 Å². The van der Waals surface area contributed by atoms with Crippen LogP contribution in [0.4, 0.5) is 4.79 Å². The second-order valence-corrected chi connectivity index (χ2v) is 17.3. The van der Waals surface area contributed by atoms with Crippen molar-refractivity contribution in [2.45, 2.75) is 77.2 Å². The summed E-state index contributed by atoms with van der Waals surface area (Å²) >= 11 is 1.08. The van der Waals surface area contributed by atoms with Crippen molar-refractivity contribution in [1.29, 1.82) is 0 Å². The van der Waals surface area contributed by atoms with Gasteiger partial charge >= 0.3 is 12.1 Å². The minimum absolute atomic E-state index is 0.0129. The van der Waals surface area contributed by atoms with Crippen LogP contribution in [0.25, 0.3) is 21.8 Å². The molecule has 0 spiro atoms. The molecule has 5 rings (SSSR count). The highest BCUT2D eigenvalue weighted by Gasteiger charge is 2.31. The molecule has 8 N–H and O–H groups in total. The number of aromatic nitrogens is 3. The van der Waals surface area contributed by atoms with Crippen LogP contribution in [0.2, 0.25) is 0 Å². The minimum Gasteiger partial charge on any atom is -0.468 e. The second-order valence-electron chi connectivity index (χ2n) is 16.4. The number of esters is 1. The first-order chi connectivity index (χ1) is 31.2. The number of amides is 7. The molecule has 7 amide bonds. The Morgan fingerprint density at radius 3 is 1.95 bits per heavy atom. The van der Waals surface area contributed by atoms with E-state index in [0.29, 0.717) is 10.6 Å². The Balaban J connectivity index is 1.25. The summed E-state index contributed by atoms with van der Waals surface area (Å²) in [5.74, 6) is -4.81. The first kappa shape index (κ1) is 49.5. The smallest absolute Gasteiger partial charge is 0.408 e. The largest absolute Gasteiger partial charge is 0.468 e. The summed E-state index contributed by atoms with van der Waals surface area (Å²) in [6, 6.07) is 10.7. The number of rotatable bonds is 19. The van der Waals surface area contributed by atoms with E-state index in [2.05, 4.69) is 58.2 Å². The van der Waals surface area contributed by atoms with Gasteiger partial charge in [-0.05, 0) is 57.9 Å². The van der Waals surface area contributed by atoms with Crippen molar-refractivity contribution in [2.75, 3.05) is 27.2 Å². The molecule has 350 valence electrons. The van der Waals surface area contributed by atoms with Crippen LogP contribution < -0.4 is 31.9 Å². The molecule has 0 bridgehead atoms. The number of fused-ring (bicyclic) bond motifs is 2. The third-order valence-corrected chi connectivity index (χ3v) is 11.0. The molecule has 66 heavy (non-hydrogen) atoms. The van der Waals surface area contributed by atoms with Crippen LogP contribution in [-0.2, 0) is 51.1 Å². The molecular formula is C45H54N10O10S. The molecule has 3 aromatic heterocycles. The number of aromatic amines is 2. The number of nitrogens with zero attached hydrogens (tertiary/aromatic N) is 2. The van der Waals surface area contributed by atoms with Crippen molar-refractivity contribution in [3.05, 3.63) is 100 Å². The van der Waals surface area contributed by atoms with Gasteiger partial charge in [-0.2, -0.15) is 0 Å². The van der Waals surface area contributed by atoms with Gasteiger partial charge in [0.05, 0.1) is 25.4 Å². The summed E-state index contributed by atoms with van der Waals surface area (Å²) < 4.78 is 9.82. The molecule has 21 heteroatoms. The number of methoxy groups -OCH3 is 1. The number of alkyl carbamates (subject to hydrolysis) is 1. The van der Waals surface area contributed by atoms with Crippen LogP contribution in [0.15, 0.2) is 78.6 Å². The lowest BCUT2D eigenvalue weighted by Gasteiger charge is -2.23.